The lowest BCUT2D eigenvalue weighted by molar-refractivity contribution is 0.0333. The second-order valence-electron chi connectivity index (χ2n) is 5.13. The maximum absolute atomic E-state index is 9.54. The van der Waals surface area contributed by atoms with Crippen LogP contribution in [0.15, 0.2) is 30.3 Å². The molecule has 1 saturated heterocycles. The van der Waals surface area contributed by atoms with Gasteiger partial charge in [0.2, 0.25) is 0 Å². The van der Waals surface area contributed by atoms with Gasteiger partial charge in [-0.25, -0.2) is 0 Å². The highest BCUT2D eigenvalue weighted by atomic mass is 16.5. The molecule has 0 saturated carbocycles. The van der Waals surface area contributed by atoms with E-state index in [-0.39, 0.29) is 12.6 Å². The van der Waals surface area contributed by atoms with Crippen LogP contribution in [0.1, 0.15) is 18.5 Å². The smallest absolute Gasteiger partial charge is 0.0626 e. The van der Waals surface area contributed by atoms with E-state index in [0.29, 0.717) is 6.04 Å². The monoisotopic (exact) mass is 264 g/mol. The molecule has 2 atom stereocenters. The van der Waals surface area contributed by atoms with E-state index in [4.69, 9.17) is 4.74 Å². The largest absolute Gasteiger partial charge is 0.394 e. The normalized spacial score (nSPS) is 20.1. The van der Waals surface area contributed by atoms with E-state index < -0.39 is 0 Å². The molecule has 4 heteroatoms. The predicted molar refractivity (Wildman–Crippen MR) is 76.1 cm³/mol. The molecule has 1 aliphatic heterocycles. The van der Waals surface area contributed by atoms with Gasteiger partial charge >= 0.3 is 0 Å². The maximum atomic E-state index is 9.54. The van der Waals surface area contributed by atoms with Crippen molar-refractivity contribution in [3.05, 3.63) is 35.9 Å². The zero-order chi connectivity index (χ0) is 13.5. The molecule has 0 radical (unpaired) electrons. The average Bonchev–Trinajstić information content (AvgIpc) is 2.47. The van der Waals surface area contributed by atoms with Crippen LogP contribution in [0.4, 0.5) is 0 Å². The standard InChI is InChI=1S/C15H24N2O2/c1-13(11-17-7-9-19-10-8-17)16-15(12-18)14-5-3-2-4-6-14/h2-6,13,15-16,18H,7-12H2,1H3/t13-,15+/m0/s1. The Morgan fingerprint density at radius 2 is 1.95 bits per heavy atom. The summed E-state index contributed by atoms with van der Waals surface area (Å²) in [7, 11) is 0. The summed E-state index contributed by atoms with van der Waals surface area (Å²) in [5.41, 5.74) is 1.14. The molecule has 0 aromatic heterocycles. The first-order valence-corrected chi connectivity index (χ1v) is 7.01. The van der Waals surface area contributed by atoms with Crippen LogP contribution in [-0.4, -0.2) is 55.5 Å². The van der Waals surface area contributed by atoms with Gasteiger partial charge in [0, 0.05) is 25.7 Å². The minimum absolute atomic E-state index is 0.0113. The van der Waals surface area contributed by atoms with Gasteiger partial charge in [0.05, 0.1) is 25.9 Å². The molecule has 1 aromatic carbocycles. The van der Waals surface area contributed by atoms with Crippen molar-refractivity contribution in [2.75, 3.05) is 39.5 Å². The summed E-state index contributed by atoms with van der Waals surface area (Å²) in [6, 6.07) is 10.5. The zero-order valence-electron chi connectivity index (χ0n) is 11.6. The summed E-state index contributed by atoms with van der Waals surface area (Å²) in [6.45, 7) is 6.94. The second kappa shape index (κ2) is 7.60. The lowest BCUT2D eigenvalue weighted by atomic mass is 10.1. The van der Waals surface area contributed by atoms with Crippen LogP contribution in [0, 0.1) is 0 Å². The Balaban J connectivity index is 1.84. The topological polar surface area (TPSA) is 44.7 Å². The number of benzene rings is 1. The number of nitrogens with one attached hydrogen (secondary N) is 1. The summed E-state index contributed by atoms with van der Waals surface area (Å²) in [6.07, 6.45) is 0. The summed E-state index contributed by atoms with van der Waals surface area (Å²) in [4.78, 5) is 2.40. The van der Waals surface area contributed by atoms with Crippen molar-refractivity contribution in [1.29, 1.82) is 0 Å². The number of nitrogens with zero attached hydrogens (tertiary/aromatic N) is 1. The molecule has 0 bridgehead atoms. The molecule has 4 nitrogen and oxygen atoms in total. The van der Waals surface area contributed by atoms with Crippen LogP contribution in [0.3, 0.4) is 0 Å². The van der Waals surface area contributed by atoms with Crippen LogP contribution < -0.4 is 5.32 Å². The van der Waals surface area contributed by atoms with E-state index in [1.165, 1.54) is 0 Å². The van der Waals surface area contributed by atoms with Gasteiger partial charge in [0.15, 0.2) is 0 Å². The average molecular weight is 264 g/mol. The molecule has 1 heterocycles. The van der Waals surface area contributed by atoms with Crippen molar-refractivity contribution in [3.63, 3.8) is 0 Å². The predicted octanol–water partition coefficient (Wildman–Crippen LogP) is 1.03. The Morgan fingerprint density at radius 1 is 1.26 bits per heavy atom. The van der Waals surface area contributed by atoms with E-state index in [0.717, 1.165) is 38.4 Å². The summed E-state index contributed by atoms with van der Waals surface area (Å²) in [5.74, 6) is 0. The molecule has 1 fully saturated rings. The number of aliphatic hydroxyl groups excluding tert-OH is 1. The number of rotatable bonds is 6. The molecular weight excluding hydrogens is 240 g/mol. The Kier molecular flexibility index (Phi) is 5.79. The van der Waals surface area contributed by atoms with Crippen molar-refractivity contribution in [2.24, 2.45) is 0 Å². The number of morpholine rings is 1. The molecule has 19 heavy (non-hydrogen) atoms. The van der Waals surface area contributed by atoms with Gasteiger partial charge in [-0.2, -0.15) is 0 Å². The van der Waals surface area contributed by atoms with Crippen LogP contribution in [0.2, 0.25) is 0 Å². The van der Waals surface area contributed by atoms with Crippen molar-refractivity contribution < 1.29 is 9.84 Å². The van der Waals surface area contributed by atoms with E-state index in [2.05, 4.69) is 29.3 Å². The lowest BCUT2D eigenvalue weighted by Gasteiger charge is -2.31. The van der Waals surface area contributed by atoms with Gasteiger partial charge in [0.25, 0.3) is 0 Å². The molecule has 0 spiro atoms. The quantitative estimate of drug-likeness (QED) is 0.805. The van der Waals surface area contributed by atoms with Gasteiger partial charge in [0.1, 0.15) is 0 Å². The van der Waals surface area contributed by atoms with Crippen molar-refractivity contribution in [1.82, 2.24) is 10.2 Å². The second-order valence-corrected chi connectivity index (χ2v) is 5.13. The van der Waals surface area contributed by atoms with Gasteiger partial charge < -0.3 is 15.2 Å². The number of hydrogen-bond donors (Lipinski definition) is 2. The zero-order valence-corrected chi connectivity index (χ0v) is 11.6. The Hall–Kier alpha value is -0.940. The molecule has 0 amide bonds. The third-order valence-corrected chi connectivity index (χ3v) is 3.51. The molecule has 0 aliphatic carbocycles. The SMILES string of the molecule is C[C@@H](CN1CCOCC1)N[C@H](CO)c1ccccc1. The van der Waals surface area contributed by atoms with Crippen LogP contribution in [0.5, 0.6) is 0 Å². The maximum Gasteiger partial charge on any atom is 0.0626 e. The highest BCUT2D eigenvalue weighted by Gasteiger charge is 2.17. The molecule has 0 unspecified atom stereocenters. The molecule has 1 aliphatic rings. The minimum Gasteiger partial charge on any atom is -0.394 e. The summed E-state index contributed by atoms with van der Waals surface area (Å²) < 4.78 is 5.35. The van der Waals surface area contributed by atoms with Crippen molar-refractivity contribution in [2.45, 2.75) is 19.0 Å². The van der Waals surface area contributed by atoms with E-state index >= 15 is 0 Å². The first-order chi connectivity index (χ1) is 9.29. The molecule has 106 valence electrons. The number of aliphatic hydroxyl groups is 1. The van der Waals surface area contributed by atoms with Crippen LogP contribution in [-0.2, 0) is 4.74 Å². The summed E-state index contributed by atoms with van der Waals surface area (Å²) in [5, 5.41) is 13.0. The number of ether oxygens (including phenoxy) is 1. The van der Waals surface area contributed by atoms with Gasteiger partial charge in [-0.3, -0.25) is 4.90 Å². The van der Waals surface area contributed by atoms with Gasteiger partial charge in [-0.05, 0) is 12.5 Å². The Labute approximate surface area is 115 Å². The first-order valence-electron chi connectivity index (χ1n) is 7.01. The van der Waals surface area contributed by atoms with Crippen molar-refractivity contribution in [3.8, 4) is 0 Å². The van der Waals surface area contributed by atoms with E-state index in [9.17, 15) is 5.11 Å². The fourth-order valence-corrected chi connectivity index (χ4v) is 2.51. The summed E-state index contributed by atoms with van der Waals surface area (Å²) >= 11 is 0. The third-order valence-electron chi connectivity index (χ3n) is 3.51. The highest BCUT2D eigenvalue weighted by Crippen LogP contribution is 2.12. The fourth-order valence-electron chi connectivity index (χ4n) is 2.51. The van der Waals surface area contributed by atoms with E-state index in [1.807, 2.05) is 18.2 Å². The third kappa shape index (κ3) is 4.58. The molecule has 2 rings (SSSR count). The molecular formula is C15H24N2O2. The lowest BCUT2D eigenvalue weighted by Crippen LogP contribution is -2.45. The van der Waals surface area contributed by atoms with E-state index in [1.54, 1.807) is 0 Å². The Morgan fingerprint density at radius 3 is 2.58 bits per heavy atom. The van der Waals surface area contributed by atoms with Crippen LogP contribution >= 0.6 is 0 Å². The van der Waals surface area contributed by atoms with Crippen molar-refractivity contribution >= 4 is 0 Å². The Bertz CT molecular complexity index is 352. The van der Waals surface area contributed by atoms with Gasteiger partial charge in [-0.1, -0.05) is 30.3 Å². The fraction of sp³-hybridized carbons (Fsp3) is 0.600. The first kappa shape index (κ1) is 14.5. The van der Waals surface area contributed by atoms with Gasteiger partial charge in [-0.15, -0.1) is 0 Å². The molecule has 2 N–H and O–H groups in total. The molecule has 1 aromatic rings. The van der Waals surface area contributed by atoms with Crippen LogP contribution in [0.25, 0.3) is 0 Å². The highest BCUT2D eigenvalue weighted by molar-refractivity contribution is 5.19. The minimum atomic E-state index is 0.0113. The number of hydrogen-bond acceptors (Lipinski definition) is 4.